The largest absolute Gasteiger partial charge is 0.315 e. The van der Waals surface area contributed by atoms with Gasteiger partial charge in [-0.05, 0) is 57.1 Å². The molecule has 1 aromatic carbocycles. The molecule has 0 saturated carbocycles. The number of hydrogen-bond acceptors (Lipinski definition) is 4. The van der Waals surface area contributed by atoms with E-state index in [1.165, 1.54) is 10.7 Å². The van der Waals surface area contributed by atoms with E-state index in [9.17, 15) is 17.2 Å². The zero-order valence-electron chi connectivity index (χ0n) is 14.7. The Morgan fingerprint density at radius 2 is 1.88 bits per heavy atom. The molecule has 2 heterocycles. The number of sulfonamides is 1. The highest BCUT2D eigenvalue weighted by atomic mass is 35.5. The second-order valence-electron chi connectivity index (χ2n) is 6.74. The van der Waals surface area contributed by atoms with Gasteiger partial charge in [0.2, 0.25) is 10.0 Å². The Balaban J connectivity index is 0.00000243. The molecule has 1 unspecified atom stereocenters. The van der Waals surface area contributed by atoms with E-state index in [0.717, 1.165) is 57.1 Å². The Bertz CT molecular complexity index is 693. The topological polar surface area (TPSA) is 52.7 Å². The molecule has 0 radical (unpaired) electrons. The Morgan fingerprint density at radius 3 is 2.50 bits per heavy atom. The summed E-state index contributed by atoms with van der Waals surface area (Å²) < 4.78 is 54.3. The van der Waals surface area contributed by atoms with Crippen molar-refractivity contribution in [2.24, 2.45) is 0 Å². The van der Waals surface area contributed by atoms with E-state index in [0.29, 0.717) is 19.6 Å². The summed E-state index contributed by atoms with van der Waals surface area (Å²) in [7, 11) is -3.86. The van der Waals surface area contributed by atoms with Gasteiger partial charge in [-0.15, -0.1) is 12.4 Å². The third-order valence-corrected chi connectivity index (χ3v) is 6.97. The Labute approximate surface area is 160 Å². The van der Waals surface area contributed by atoms with Gasteiger partial charge < -0.3 is 10.2 Å². The normalized spacial score (nSPS) is 21.7. The summed E-state index contributed by atoms with van der Waals surface area (Å²) in [6, 6.07) is 2.64. The molecule has 2 aliphatic rings. The van der Waals surface area contributed by atoms with Gasteiger partial charge in [0.15, 0.2) is 11.6 Å². The highest BCUT2D eigenvalue weighted by Crippen LogP contribution is 2.23. The lowest BCUT2D eigenvalue weighted by Crippen LogP contribution is -2.46. The minimum absolute atomic E-state index is 0. The first-order chi connectivity index (χ1) is 12.0. The molecule has 2 aliphatic heterocycles. The van der Waals surface area contributed by atoms with Gasteiger partial charge in [-0.1, -0.05) is 6.42 Å². The fourth-order valence-corrected chi connectivity index (χ4v) is 5.24. The van der Waals surface area contributed by atoms with Crippen molar-refractivity contribution in [1.82, 2.24) is 14.5 Å². The molecular formula is C17H26ClF2N3O2S. The molecule has 9 heteroatoms. The molecule has 0 amide bonds. The van der Waals surface area contributed by atoms with Crippen LogP contribution in [0.1, 0.15) is 25.7 Å². The van der Waals surface area contributed by atoms with E-state index in [-0.39, 0.29) is 23.3 Å². The molecule has 1 atom stereocenters. The number of rotatable bonds is 6. The van der Waals surface area contributed by atoms with Gasteiger partial charge in [-0.2, -0.15) is 4.31 Å². The number of nitrogens with zero attached hydrogens (tertiary/aromatic N) is 2. The SMILES string of the molecule is Cl.O=S(=O)(c1ccc(F)c(F)c1)N(CCN1CCCCC1)C1CCNC1. The molecule has 0 aromatic heterocycles. The Morgan fingerprint density at radius 1 is 1.15 bits per heavy atom. The van der Waals surface area contributed by atoms with Gasteiger partial charge in [0, 0.05) is 25.7 Å². The van der Waals surface area contributed by atoms with Crippen LogP contribution >= 0.6 is 12.4 Å². The summed E-state index contributed by atoms with van der Waals surface area (Å²) in [5.41, 5.74) is 0. The van der Waals surface area contributed by atoms with Crippen molar-refractivity contribution in [3.63, 3.8) is 0 Å². The summed E-state index contributed by atoms with van der Waals surface area (Å²) in [5.74, 6) is -2.18. The maximum atomic E-state index is 13.5. The van der Waals surface area contributed by atoms with Crippen LogP contribution in [-0.4, -0.2) is 62.9 Å². The van der Waals surface area contributed by atoms with Crippen LogP contribution in [0.2, 0.25) is 0 Å². The number of likely N-dealkylation sites (tertiary alicyclic amines) is 1. The average molecular weight is 410 g/mol. The molecule has 26 heavy (non-hydrogen) atoms. The molecule has 0 bridgehead atoms. The number of hydrogen-bond donors (Lipinski definition) is 1. The van der Waals surface area contributed by atoms with E-state index in [1.807, 2.05) is 0 Å². The number of halogens is 3. The summed E-state index contributed by atoms with van der Waals surface area (Å²) in [6.07, 6.45) is 4.23. The minimum Gasteiger partial charge on any atom is -0.315 e. The van der Waals surface area contributed by atoms with E-state index in [4.69, 9.17) is 0 Å². The van der Waals surface area contributed by atoms with Gasteiger partial charge in [-0.25, -0.2) is 17.2 Å². The molecule has 2 fully saturated rings. The first-order valence-corrected chi connectivity index (χ1v) is 10.3. The number of piperidine rings is 1. The molecule has 0 aliphatic carbocycles. The summed E-state index contributed by atoms with van der Waals surface area (Å²) >= 11 is 0. The third-order valence-electron chi connectivity index (χ3n) is 5.02. The highest BCUT2D eigenvalue weighted by molar-refractivity contribution is 7.89. The van der Waals surface area contributed by atoms with Crippen molar-refractivity contribution in [3.05, 3.63) is 29.8 Å². The fraction of sp³-hybridized carbons (Fsp3) is 0.647. The van der Waals surface area contributed by atoms with Crippen molar-refractivity contribution in [2.75, 3.05) is 39.3 Å². The second kappa shape index (κ2) is 9.41. The van der Waals surface area contributed by atoms with Crippen LogP contribution in [0.5, 0.6) is 0 Å². The lowest BCUT2D eigenvalue weighted by Gasteiger charge is -2.32. The van der Waals surface area contributed by atoms with Crippen molar-refractivity contribution in [3.8, 4) is 0 Å². The molecular weight excluding hydrogens is 384 g/mol. The molecule has 0 spiro atoms. The van der Waals surface area contributed by atoms with Crippen molar-refractivity contribution >= 4 is 22.4 Å². The molecule has 2 saturated heterocycles. The summed E-state index contributed by atoms with van der Waals surface area (Å²) in [6.45, 7) is 4.36. The van der Waals surface area contributed by atoms with Crippen LogP contribution in [0.25, 0.3) is 0 Å². The first kappa shape index (κ1) is 21.5. The van der Waals surface area contributed by atoms with Gasteiger partial charge in [-0.3, -0.25) is 0 Å². The maximum absolute atomic E-state index is 13.5. The van der Waals surface area contributed by atoms with Crippen LogP contribution < -0.4 is 5.32 Å². The Hall–Kier alpha value is -0.800. The summed E-state index contributed by atoms with van der Waals surface area (Å²) in [4.78, 5) is 2.09. The third kappa shape index (κ3) is 4.92. The van der Waals surface area contributed by atoms with Gasteiger partial charge in [0.25, 0.3) is 0 Å². The quantitative estimate of drug-likeness (QED) is 0.782. The fourth-order valence-electron chi connectivity index (χ4n) is 3.58. The first-order valence-electron chi connectivity index (χ1n) is 8.88. The van der Waals surface area contributed by atoms with Crippen molar-refractivity contribution < 1.29 is 17.2 Å². The zero-order valence-corrected chi connectivity index (χ0v) is 16.3. The minimum atomic E-state index is -3.86. The average Bonchev–Trinajstić information content (AvgIpc) is 3.12. The van der Waals surface area contributed by atoms with E-state index < -0.39 is 21.7 Å². The van der Waals surface area contributed by atoms with Gasteiger partial charge in [0.05, 0.1) is 4.90 Å². The van der Waals surface area contributed by atoms with Crippen LogP contribution in [-0.2, 0) is 10.0 Å². The monoisotopic (exact) mass is 409 g/mol. The van der Waals surface area contributed by atoms with Crippen LogP contribution in [0.15, 0.2) is 23.1 Å². The van der Waals surface area contributed by atoms with Crippen LogP contribution in [0, 0.1) is 11.6 Å². The standard InChI is InChI=1S/C17H25F2N3O2S.ClH/c18-16-5-4-15(12-17(16)19)25(23,24)22(14-6-7-20-13-14)11-10-21-8-2-1-3-9-21;/h4-5,12,14,20H,1-3,6-11,13H2;1H. The summed E-state index contributed by atoms with van der Waals surface area (Å²) in [5, 5.41) is 3.18. The smallest absolute Gasteiger partial charge is 0.243 e. The molecule has 1 aromatic rings. The lowest BCUT2D eigenvalue weighted by molar-refractivity contribution is 0.202. The number of nitrogens with one attached hydrogen (secondary N) is 1. The number of benzene rings is 1. The zero-order chi connectivity index (χ0) is 17.9. The van der Waals surface area contributed by atoms with Gasteiger partial charge >= 0.3 is 0 Å². The van der Waals surface area contributed by atoms with Gasteiger partial charge in [0.1, 0.15) is 0 Å². The predicted octanol–water partition coefficient (Wildman–Crippen LogP) is 2.23. The van der Waals surface area contributed by atoms with Crippen LogP contribution in [0.4, 0.5) is 8.78 Å². The Kier molecular flexibility index (Phi) is 7.78. The molecule has 1 N–H and O–H groups in total. The van der Waals surface area contributed by atoms with Crippen molar-refractivity contribution in [2.45, 2.75) is 36.6 Å². The van der Waals surface area contributed by atoms with Crippen LogP contribution in [0.3, 0.4) is 0 Å². The molecule has 3 rings (SSSR count). The van der Waals surface area contributed by atoms with E-state index >= 15 is 0 Å². The highest BCUT2D eigenvalue weighted by Gasteiger charge is 2.34. The molecule has 148 valence electrons. The predicted molar refractivity (Wildman–Crippen MR) is 99.1 cm³/mol. The van der Waals surface area contributed by atoms with E-state index in [2.05, 4.69) is 10.2 Å². The van der Waals surface area contributed by atoms with Crippen molar-refractivity contribution in [1.29, 1.82) is 0 Å². The van der Waals surface area contributed by atoms with E-state index in [1.54, 1.807) is 0 Å². The second-order valence-corrected chi connectivity index (χ2v) is 8.63. The lowest BCUT2D eigenvalue weighted by atomic mass is 10.1. The maximum Gasteiger partial charge on any atom is 0.243 e. The molecule has 5 nitrogen and oxygen atoms in total.